The third-order valence-electron chi connectivity index (χ3n) is 7.05. The number of rotatable bonds is 11. The van der Waals surface area contributed by atoms with E-state index in [0.29, 0.717) is 25.3 Å². The molecule has 1 aliphatic carbocycles. The topological polar surface area (TPSA) is 53.0 Å². The van der Waals surface area contributed by atoms with Crippen LogP contribution in [0.15, 0.2) is 60.7 Å². The fourth-order valence-electron chi connectivity index (χ4n) is 4.86. The molecule has 5 heteroatoms. The lowest BCUT2D eigenvalue weighted by molar-refractivity contribution is -0.163. The largest absolute Gasteiger partial charge is 0.456 e. The first-order valence-electron chi connectivity index (χ1n) is 12.4. The molecule has 2 aromatic rings. The van der Waals surface area contributed by atoms with Crippen molar-refractivity contribution in [1.29, 1.82) is 0 Å². The first-order chi connectivity index (χ1) is 16.0. The molecule has 0 spiro atoms. The van der Waals surface area contributed by atoms with Crippen LogP contribution >= 0.6 is 0 Å². The lowest BCUT2D eigenvalue weighted by Crippen LogP contribution is -2.39. The summed E-state index contributed by atoms with van der Waals surface area (Å²) in [4.78, 5) is 15.1. The number of esters is 1. The molecule has 1 fully saturated rings. The number of nitrogens with zero attached hydrogens (tertiary/aromatic N) is 2. The molecule has 3 rings (SSSR count). The van der Waals surface area contributed by atoms with Crippen molar-refractivity contribution in [2.75, 3.05) is 14.1 Å². The van der Waals surface area contributed by atoms with Crippen molar-refractivity contribution in [2.24, 2.45) is 5.92 Å². The highest BCUT2D eigenvalue weighted by molar-refractivity contribution is 5.69. The van der Waals surface area contributed by atoms with Gasteiger partial charge in [-0.25, -0.2) is 0 Å². The van der Waals surface area contributed by atoms with Crippen molar-refractivity contribution in [1.82, 2.24) is 9.96 Å². The minimum atomic E-state index is -0.323. The number of hydrogen-bond acceptors (Lipinski definition) is 5. The summed E-state index contributed by atoms with van der Waals surface area (Å²) >= 11 is 0. The molecule has 33 heavy (non-hydrogen) atoms. The monoisotopic (exact) mass is 452 g/mol. The Labute approximate surface area is 199 Å². The van der Waals surface area contributed by atoms with Crippen molar-refractivity contribution in [3.05, 3.63) is 71.8 Å². The number of ether oxygens (including phenoxy) is 1. The van der Waals surface area contributed by atoms with Crippen LogP contribution in [0.2, 0.25) is 0 Å². The van der Waals surface area contributed by atoms with Crippen LogP contribution in [0, 0.1) is 5.92 Å². The Balaban J connectivity index is 1.66. The SMILES string of the molecule is C[C@@H]([C@H](OC(=O)CCC(C1CCCCC1)N(O)Cc1ccccc1)c1ccccc1)N(C)C. The molecule has 1 unspecified atom stereocenters. The maximum absolute atomic E-state index is 13.0. The van der Waals surface area contributed by atoms with Gasteiger partial charge in [0.15, 0.2) is 0 Å². The number of carbonyl (C=O) groups excluding carboxylic acids is 1. The molecule has 0 aliphatic heterocycles. The van der Waals surface area contributed by atoms with Gasteiger partial charge in [0.05, 0.1) is 0 Å². The summed E-state index contributed by atoms with van der Waals surface area (Å²) in [6, 6.07) is 20.0. The number of hydroxylamine groups is 2. The van der Waals surface area contributed by atoms with Crippen LogP contribution in [-0.4, -0.2) is 47.3 Å². The van der Waals surface area contributed by atoms with Gasteiger partial charge < -0.3 is 14.8 Å². The van der Waals surface area contributed by atoms with Gasteiger partial charge in [-0.3, -0.25) is 4.79 Å². The predicted octanol–water partition coefficient (Wildman–Crippen LogP) is 5.84. The second-order valence-electron chi connectivity index (χ2n) is 9.61. The van der Waals surface area contributed by atoms with Crippen LogP contribution in [0.5, 0.6) is 0 Å². The predicted molar refractivity (Wildman–Crippen MR) is 132 cm³/mol. The van der Waals surface area contributed by atoms with Crippen LogP contribution < -0.4 is 0 Å². The Hall–Kier alpha value is -2.21. The van der Waals surface area contributed by atoms with E-state index in [1.54, 1.807) is 0 Å². The molecular formula is C28H40N2O3. The molecule has 0 bridgehead atoms. The molecule has 5 nitrogen and oxygen atoms in total. The molecular weight excluding hydrogens is 412 g/mol. The van der Waals surface area contributed by atoms with E-state index in [4.69, 9.17) is 4.74 Å². The third kappa shape index (κ3) is 7.66. The van der Waals surface area contributed by atoms with Crippen LogP contribution in [-0.2, 0) is 16.1 Å². The van der Waals surface area contributed by atoms with Crippen molar-refractivity contribution in [3.8, 4) is 0 Å². The summed E-state index contributed by atoms with van der Waals surface area (Å²) in [5.74, 6) is 0.206. The maximum atomic E-state index is 13.0. The highest BCUT2D eigenvalue weighted by Crippen LogP contribution is 2.32. The van der Waals surface area contributed by atoms with E-state index < -0.39 is 0 Å². The highest BCUT2D eigenvalue weighted by atomic mass is 16.5. The number of likely N-dealkylation sites (N-methyl/N-ethyl adjacent to an activating group) is 1. The number of benzene rings is 2. The lowest BCUT2D eigenvalue weighted by atomic mass is 9.82. The van der Waals surface area contributed by atoms with Crippen LogP contribution in [0.1, 0.15) is 69.1 Å². The van der Waals surface area contributed by atoms with Crippen molar-refractivity contribution in [2.45, 2.75) is 76.6 Å². The molecule has 3 atom stereocenters. The third-order valence-corrected chi connectivity index (χ3v) is 7.05. The zero-order chi connectivity index (χ0) is 23.6. The molecule has 0 heterocycles. The van der Waals surface area contributed by atoms with E-state index in [9.17, 15) is 10.0 Å². The molecule has 0 amide bonds. The average Bonchev–Trinajstić information content (AvgIpc) is 2.84. The molecule has 1 aliphatic rings. The van der Waals surface area contributed by atoms with Gasteiger partial charge in [-0.1, -0.05) is 79.9 Å². The molecule has 0 radical (unpaired) electrons. The quantitative estimate of drug-likeness (QED) is 0.343. The van der Waals surface area contributed by atoms with Crippen LogP contribution in [0.25, 0.3) is 0 Å². The molecule has 0 aromatic heterocycles. The molecule has 0 saturated heterocycles. The normalized spacial score (nSPS) is 17.6. The summed E-state index contributed by atoms with van der Waals surface area (Å²) in [5, 5.41) is 12.5. The van der Waals surface area contributed by atoms with Gasteiger partial charge in [-0.15, -0.1) is 0 Å². The first-order valence-corrected chi connectivity index (χ1v) is 12.4. The van der Waals surface area contributed by atoms with Gasteiger partial charge in [0.2, 0.25) is 0 Å². The Kier molecular flexibility index (Phi) is 9.92. The smallest absolute Gasteiger partial charge is 0.306 e. The van der Waals surface area contributed by atoms with E-state index in [1.807, 2.05) is 74.8 Å². The van der Waals surface area contributed by atoms with Gasteiger partial charge in [-0.05, 0) is 57.3 Å². The summed E-state index contributed by atoms with van der Waals surface area (Å²) in [7, 11) is 4.00. The van der Waals surface area contributed by atoms with Gasteiger partial charge in [-0.2, -0.15) is 5.06 Å². The Morgan fingerprint density at radius 2 is 1.61 bits per heavy atom. The summed E-state index contributed by atoms with van der Waals surface area (Å²) < 4.78 is 6.01. The number of hydrogen-bond donors (Lipinski definition) is 1. The minimum Gasteiger partial charge on any atom is -0.456 e. The Bertz CT molecular complexity index is 822. The van der Waals surface area contributed by atoms with Gasteiger partial charge in [0, 0.05) is 25.0 Å². The van der Waals surface area contributed by atoms with Crippen molar-refractivity contribution >= 4 is 5.97 Å². The van der Waals surface area contributed by atoms with E-state index in [0.717, 1.165) is 24.0 Å². The molecule has 1 saturated carbocycles. The molecule has 2 aromatic carbocycles. The zero-order valence-corrected chi connectivity index (χ0v) is 20.4. The van der Waals surface area contributed by atoms with Crippen LogP contribution in [0.4, 0.5) is 0 Å². The fraction of sp³-hybridized carbons (Fsp3) is 0.536. The highest BCUT2D eigenvalue weighted by Gasteiger charge is 2.30. The van der Waals surface area contributed by atoms with E-state index in [1.165, 1.54) is 24.3 Å². The lowest BCUT2D eigenvalue weighted by Gasteiger charge is -2.35. The minimum absolute atomic E-state index is 0.0421. The van der Waals surface area contributed by atoms with Gasteiger partial charge in [0.1, 0.15) is 6.10 Å². The molecule has 1 N–H and O–H groups in total. The standard InChI is InChI=1S/C28H40N2O3/c1-22(29(2)3)28(25-17-11-6-12-18-25)33-27(31)20-19-26(24-15-9-5-10-16-24)30(32)21-23-13-7-4-8-14-23/h4,6-8,11-14,17-18,22,24,26,28,32H,5,9-10,15-16,19-21H2,1-3H3/t22-,26?,28-/m0/s1. The number of carbonyl (C=O) groups is 1. The van der Waals surface area contributed by atoms with E-state index in [-0.39, 0.29) is 24.2 Å². The van der Waals surface area contributed by atoms with Crippen molar-refractivity contribution < 1.29 is 14.7 Å². The van der Waals surface area contributed by atoms with E-state index >= 15 is 0 Å². The van der Waals surface area contributed by atoms with Gasteiger partial charge >= 0.3 is 5.97 Å². The second kappa shape index (κ2) is 12.9. The molecule has 180 valence electrons. The Morgan fingerprint density at radius 1 is 1.00 bits per heavy atom. The summed E-state index contributed by atoms with van der Waals surface area (Å²) in [6.07, 6.45) is 6.45. The summed E-state index contributed by atoms with van der Waals surface area (Å²) in [6.45, 7) is 2.55. The fourth-order valence-corrected chi connectivity index (χ4v) is 4.86. The maximum Gasteiger partial charge on any atom is 0.306 e. The first kappa shape index (κ1) is 25.4. The average molecular weight is 453 g/mol. The second-order valence-corrected chi connectivity index (χ2v) is 9.61. The van der Waals surface area contributed by atoms with Gasteiger partial charge in [0.25, 0.3) is 0 Å². The zero-order valence-electron chi connectivity index (χ0n) is 20.4. The van der Waals surface area contributed by atoms with Crippen molar-refractivity contribution in [3.63, 3.8) is 0 Å². The van der Waals surface area contributed by atoms with Crippen LogP contribution in [0.3, 0.4) is 0 Å². The summed E-state index contributed by atoms with van der Waals surface area (Å²) in [5.41, 5.74) is 2.08. The van der Waals surface area contributed by atoms with E-state index in [2.05, 4.69) is 11.8 Å². The Morgan fingerprint density at radius 3 is 2.21 bits per heavy atom.